The molecule has 0 bridgehead atoms. The zero-order valence-electron chi connectivity index (χ0n) is 10.7. The normalized spacial score (nSPS) is 29.1. The molecule has 1 unspecified atom stereocenters. The zero-order valence-corrected chi connectivity index (χ0v) is 10.7. The van der Waals surface area contributed by atoms with Gasteiger partial charge in [0.15, 0.2) is 0 Å². The lowest BCUT2D eigenvalue weighted by molar-refractivity contribution is -0.147. The van der Waals surface area contributed by atoms with Crippen LogP contribution >= 0.6 is 0 Å². The fraction of sp³-hybridized carbons (Fsp3) is 0.917. The first-order valence-electron chi connectivity index (χ1n) is 6.29. The summed E-state index contributed by atoms with van der Waals surface area (Å²) in [6.45, 7) is 8.27. The van der Waals surface area contributed by atoms with E-state index in [2.05, 4.69) is 19.2 Å². The topological polar surface area (TPSA) is 50.8 Å². The van der Waals surface area contributed by atoms with Crippen LogP contribution in [0.15, 0.2) is 0 Å². The van der Waals surface area contributed by atoms with E-state index >= 15 is 0 Å². The average Bonchev–Trinajstić information content (AvgIpc) is 2.29. The van der Waals surface area contributed by atoms with Crippen LogP contribution < -0.4 is 5.32 Å². The molecule has 17 heavy (non-hydrogen) atoms. The molecule has 98 valence electrons. The van der Waals surface area contributed by atoms with Crippen molar-refractivity contribution >= 4 is 5.91 Å². The Kier molecular flexibility index (Phi) is 4.01. The summed E-state index contributed by atoms with van der Waals surface area (Å²) in [5.74, 6) is 0.196. The highest BCUT2D eigenvalue weighted by atomic mass is 16.5. The molecule has 2 aliphatic rings. The van der Waals surface area contributed by atoms with Crippen molar-refractivity contribution in [3.8, 4) is 0 Å². The van der Waals surface area contributed by atoms with Gasteiger partial charge in [0, 0.05) is 25.6 Å². The summed E-state index contributed by atoms with van der Waals surface area (Å²) in [4.78, 5) is 14.2. The van der Waals surface area contributed by atoms with Gasteiger partial charge in [-0.1, -0.05) is 0 Å². The fourth-order valence-corrected chi connectivity index (χ4v) is 2.39. The third-order valence-corrected chi connectivity index (χ3v) is 3.37. The highest BCUT2D eigenvalue weighted by Gasteiger charge is 2.34. The van der Waals surface area contributed by atoms with E-state index in [1.165, 1.54) is 0 Å². The van der Waals surface area contributed by atoms with Crippen molar-refractivity contribution in [3.05, 3.63) is 0 Å². The van der Waals surface area contributed by atoms with Gasteiger partial charge in [-0.05, 0) is 13.8 Å². The SMILES string of the molecule is CC1(C)COCCN1C(=O)CC1COCCN1. The number of nitrogens with one attached hydrogen (secondary N) is 1. The molecular formula is C12H22N2O3. The lowest BCUT2D eigenvalue weighted by Gasteiger charge is -2.42. The second kappa shape index (κ2) is 5.33. The molecule has 1 N–H and O–H groups in total. The standard InChI is InChI=1S/C12H22N2O3/c1-12(2)9-17-6-4-14(12)11(15)7-10-8-16-5-3-13-10/h10,13H,3-9H2,1-2H3. The van der Waals surface area contributed by atoms with Crippen LogP contribution in [0.25, 0.3) is 0 Å². The van der Waals surface area contributed by atoms with Crippen molar-refractivity contribution in [3.63, 3.8) is 0 Å². The Hall–Kier alpha value is -0.650. The minimum Gasteiger partial charge on any atom is -0.378 e. The van der Waals surface area contributed by atoms with Gasteiger partial charge in [0.1, 0.15) is 0 Å². The summed E-state index contributed by atoms with van der Waals surface area (Å²) in [5.41, 5.74) is -0.190. The molecule has 2 aliphatic heterocycles. The highest BCUT2D eigenvalue weighted by molar-refractivity contribution is 5.77. The number of ether oxygens (including phenoxy) is 2. The van der Waals surface area contributed by atoms with E-state index in [1.807, 2.05) is 4.90 Å². The molecule has 5 heteroatoms. The first kappa shape index (κ1) is 12.8. The van der Waals surface area contributed by atoms with E-state index in [9.17, 15) is 4.79 Å². The van der Waals surface area contributed by atoms with Crippen molar-refractivity contribution in [2.75, 3.05) is 39.5 Å². The fourth-order valence-electron chi connectivity index (χ4n) is 2.39. The number of carbonyl (C=O) groups excluding carboxylic acids is 1. The molecule has 1 amide bonds. The molecule has 0 saturated carbocycles. The smallest absolute Gasteiger partial charge is 0.224 e. The molecule has 0 aromatic heterocycles. The molecule has 2 rings (SSSR count). The Morgan fingerprint density at radius 1 is 1.41 bits per heavy atom. The summed E-state index contributed by atoms with van der Waals surface area (Å²) < 4.78 is 10.8. The Morgan fingerprint density at radius 3 is 2.88 bits per heavy atom. The van der Waals surface area contributed by atoms with E-state index in [4.69, 9.17) is 9.47 Å². The Bertz CT molecular complexity index is 275. The van der Waals surface area contributed by atoms with E-state index in [0.717, 1.165) is 13.2 Å². The second-order valence-electron chi connectivity index (χ2n) is 5.34. The minimum atomic E-state index is -0.190. The predicted octanol–water partition coefficient (Wildman–Crippen LogP) is 0.00230. The summed E-state index contributed by atoms with van der Waals surface area (Å²) in [6.07, 6.45) is 0.517. The van der Waals surface area contributed by atoms with E-state index in [-0.39, 0.29) is 17.5 Å². The third kappa shape index (κ3) is 3.18. The molecule has 0 aromatic rings. The summed E-state index contributed by atoms with van der Waals surface area (Å²) >= 11 is 0. The molecule has 0 aliphatic carbocycles. The van der Waals surface area contributed by atoms with Crippen LogP contribution in [0.2, 0.25) is 0 Å². The van der Waals surface area contributed by atoms with Crippen LogP contribution in [0.1, 0.15) is 20.3 Å². The molecule has 2 saturated heterocycles. The van der Waals surface area contributed by atoms with Crippen LogP contribution in [-0.4, -0.2) is 61.9 Å². The minimum absolute atomic E-state index is 0.162. The number of nitrogens with zero attached hydrogens (tertiary/aromatic N) is 1. The molecule has 1 atom stereocenters. The van der Waals surface area contributed by atoms with Gasteiger partial charge in [0.05, 0.1) is 32.0 Å². The molecule has 0 aromatic carbocycles. The number of carbonyl (C=O) groups is 1. The largest absolute Gasteiger partial charge is 0.378 e. The number of rotatable bonds is 2. The number of hydrogen-bond acceptors (Lipinski definition) is 4. The van der Waals surface area contributed by atoms with Gasteiger partial charge in [-0.2, -0.15) is 0 Å². The Balaban J connectivity index is 1.89. The van der Waals surface area contributed by atoms with Gasteiger partial charge in [-0.15, -0.1) is 0 Å². The van der Waals surface area contributed by atoms with Gasteiger partial charge in [-0.3, -0.25) is 4.79 Å². The van der Waals surface area contributed by atoms with E-state index < -0.39 is 0 Å². The Morgan fingerprint density at radius 2 is 2.24 bits per heavy atom. The van der Waals surface area contributed by atoms with Gasteiger partial charge < -0.3 is 19.7 Å². The van der Waals surface area contributed by atoms with Crippen LogP contribution in [0, 0.1) is 0 Å². The molecule has 0 radical (unpaired) electrons. The maximum Gasteiger partial charge on any atom is 0.224 e. The summed E-state index contributed by atoms with van der Waals surface area (Å²) in [5, 5.41) is 3.31. The maximum absolute atomic E-state index is 12.3. The van der Waals surface area contributed by atoms with Crippen molar-refractivity contribution in [2.45, 2.75) is 31.8 Å². The van der Waals surface area contributed by atoms with Crippen LogP contribution in [0.4, 0.5) is 0 Å². The first-order valence-corrected chi connectivity index (χ1v) is 6.29. The van der Waals surface area contributed by atoms with E-state index in [0.29, 0.717) is 32.8 Å². The molecule has 2 fully saturated rings. The predicted molar refractivity (Wildman–Crippen MR) is 63.8 cm³/mol. The van der Waals surface area contributed by atoms with Gasteiger partial charge in [0.2, 0.25) is 5.91 Å². The number of hydrogen-bond donors (Lipinski definition) is 1. The second-order valence-corrected chi connectivity index (χ2v) is 5.34. The lowest BCUT2D eigenvalue weighted by Crippen LogP contribution is -2.57. The third-order valence-electron chi connectivity index (χ3n) is 3.37. The maximum atomic E-state index is 12.3. The lowest BCUT2D eigenvalue weighted by atomic mass is 10.0. The first-order chi connectivity index (χ1) is 8.09. The van der Waals surface area contributed by atoms with Crippen molar-refractivity contribution < 1.29 is 14.3 Å². The van der Waals surface area contributed by atoms with Crippen LogP contribution in [-0.2, 0) is 14.3 Å². The average molecular weight is 242 g/mol. The molecule has 0 spiro atoms. The van der Waals surface area contributed by atoms with E-state index in [1.54, 1.807) is 0 Å². The number of amides is 1. The van der Waals surface area contributed by atoms with Gasteiger partial charge >= 0.3 is 0 Å². The molecular weight excluding hydrogens is 220 g/mol. The van der Waals surface area contributed by atoms with Crippen molar-refractivity contribution in [2.24, 2.45) is 0 Å². The molecule has 2 heterocycles. The Labute approximate surface area is 102 Å². The van der Waals surface area contributed by atoms with Crippen LogP contribution in [0.3, 0.4) is 0 Å². The van der Waals surface area contributed by atoms with Crippen molar-refractivity contribution in [1.29, 1.82) is 0 Å². The summed E-state index contributed by atoms with van der Waals surface area (Å²) in [6, 6.07) is 0.162. The van der Waals surface area contributed by atoms with Crippen molar-refractivity contribution in [1.82, 2.24) is 10.2 Å². The monoisotopic (exact) mass is 242 g/mol. The van der Waals surface area contributed by atoms with Gasteiger partial charge in [0.25, 0.3) is 0 Å². The number of morpholine rings is 2. The van der Waals surface area contributed by atoms with Gasteiger partial charge in [-0.25, -0.2) is 0 Å². The van der Waals surface area contributed by atoms with Crippen LogP contribution in [0.5, 0.6) is 0 Å². The highest BCUT2D eigenvalue weighted by Crippen LogP contribution is 2.20. The zero-order chi connectivity index (χ0) is 12.3. The summed E-state index contributed by atoms with van der Waals surface area (Å²) in [7, 11) is 0. The molecule has 5 nitrogen and oxygen atoms in total. The quantitative estimate of drug-likeness (QED) is 0.740.